The number of hydrogen-bond donors (Lipinski definition) is 1. The highest BCUT2D eigenvalue weighted by atomic mass is 35.5. The zero-order valence-corrected chi connectivity index (χ0v) is 13.9. The second kappa shape index (κ2) is 8.12. The number of halogens is 1. The van der Waals surface area contributed by atoms with Crippen LogP contribution in [-0.4, -0.2) is 36.0 Å². The second-order valence-corrected chi connectivity index (χ2v) is 6.09. The first-order valence-corrected chi connectivity index (χ1v) is 8.14. The summed E-state index contributed by atoms with van der Waals surface area (Å²) < 4.78 is 5.59. The van der Waals surface area contributed by atoms with E-state index in [1.54, 1.807) is 29.5 Å². The number of thiazole rings is 1. The highest BCUT2D eigenvalue weighted by Gasteiger charge is 2.14. The lowest BCUT2D eigenvalue weighted by Crippen LogP contribution is -2.29. The number of aromatic nitrogens is 1. The molecule has 0 fully saturated rings. The van der Waals surface area contributed by atoms with Crippen molar-refractivity contribution in [1.82, 2.24) is 9.88 Å². The number of carbonyl (C=O) groups excluding carboxylic acids is 1. The van der Waals surface area contributed by atoms with Crippen molar-refractivity contribution >= 4 is 28.8 Å². The Morgan fingerprint density at radius 2 is 2.14 bits per heavy atom. The smallest absolute Gasteiger partial charge is 0.273 e. The molecular formula is C15H18ClN3O2S. The number of carbonyl (C=O) groups is 1. The molecule has 1 heterocycles. The van der Waals surface area contributed by atoms with E-state index in [-0.39, 0.29) is 5.91 Å². The molecule has 0 aliphatic carbocycles. The molecule has 0 saturated heterocycles. The van der Waals surface area contributed by atoms with Gasteiger partial charge in [0.05, 0.1) is 6.61 Å². The van der Waals surface area contributed by atoms with E-state index in [0.29, 0.717) is 30.4 Å². The SMILES string of the molecule is CN(CCCOc1ccc(Cl)cc1)C(=O)c1csc(CN)n1. The molecule has 0 radical (unpaired) electrons. The number of nitrogens with zero attached hydrogens (tertiary/aromatic N) is 2. The van der Waals surface area contributed by atoms with Gasteiger partial charge in [0, 0.05) is 30.5 Å². The Kier molecular flexibility index (Phi) is 6.18. The molecule has 7 heteroatoms. The van der Waals surface area contributed by atoms with Crippen molar-refractivity contribution in [2.24, 2.45) is 5.73 Å². The van der Waals surface area contributed by atoms with Gasteiger partial charge in [-0.2, -0.15) is 0 Å². The van der Waals surface area contributed by atoms with Crippen LogP contribution in [0.5, 0.6) is 5.75 Å². The van der Waals surface area contributed by atoms with Gasteiger partial charge >= 0.3 is 0 Å². The van der Waals surface area contributed by atoms with Crippen LogP contribution in [0.3, 0.4) is 0 Å². The molecule has 0 bridgehead atoms. The fourth-order valence-corrected chi connectivity index (χ4v) is 2.60. The van der Waals surface area contributed by atoms with Crippen LogP contribution >= 0.6 is 22.9 Å². The van der Waals surface area contributed by atoms with Crippen LogP contribution in [0.25, 0.3) is 0 Å². The third kappa shape index (κ3) is 4.69. The van der Waals surface area contributed by atoms with Crippen molar-refractivity contribution in [2.45, 2.75) is 13.0 Å². The normalized spacial score (nSPS) is 10.5. The van der Waals surface area contributed by atoms with E-state index in [1.807, 2.05) is 12.1 Å². The van der Waals surface area contributed by atoms with Crippen molar-refractivity contribution in [3.05, 3.63) is 45.4 Å². The Hall–Kier alpha value is -1.63. The summed E-state index contributed by atoms with van der Waals surface area (Å²) in [6.07, 6.45) is 0.735. The first kappa shape index (κ1) is 16.7. The van der Waals surface area contributed by atoms with Crippen molar-refractivity contribution in [1.29, 1.82) is 0 Å². The van der Waals surface area contributed by atoms with E-state index >= 15 is 0 Å². The number of benzene rings is 1. The molecule has 2 N–H and O–H groups in total. The minimum Gasteiger partial charge on any atom is -0.494 e. The van der Waals surface area contributed by atoms with Gasteiger partial charge in [-0.05, 0) is 30.7 Å². The topological polar surface area (TPSA) is 68.5 Å². The second-order valence-electron chi connectivity index (χ2n) is 4.71. The molecule has 1 aromatic heterocycles. The summed E-state index contributed by atoms with van der Waals surface area (Å²) in [6, 6.07) is 7.20. The maximum atomic E-state index is 12.1. The highest BCUT2D eigenvalue weighted by Crippen LogP contribution is 2.15. The maximum Gasteiger partial charge on any atom is 0.273 e. The maximum absolute atomic E-state index is 12.1. The quantitative estimate of drug-likeness (QED) is 0.787. The molecule has 0 saturated carbocycles. The molecule has 1 amide bonds. The van der Waals surface area contributed by atoms with Gasteiger partial charge in [0.2, 0.25) is 0 Å². The predicted octanol–water partition coefficient (Wildman–Crippen LogP) is 2.80. The van der Waals surface area contributed by atoms with E-state index in [1.165, 1.54) is 11.3 Å². The summed E-state index contributed by atoms with van der Waals surface area (Å²) in [6.45, 7) is 1.49. The Morgan fingerprint density at radius 3 is 2.77 bits per heavy atom. The van der Waals surface area contributed by atoms with E-state index < -0.39 is 0 Å². The number of nitrogens with two attached hydrogens (primary N) is 1. The molecule has 118 valence electrons. The van der Waals surface area contributed by atoms with Crippen molar-refractivity contribution in [2.75, 3.05) is 20.2 Å². The van der Waals surface area contributed by atoms with E-state index in [2.05, 4.69) is 4.98 Å². The van der Waals surface area contributed by atoms with Crippen LogP contribution in [0.2, 0.25) is 5.02 Å². The van der Waals surface area contributed by atoms with Crippen LogP contribution in [0.15, 0.2) is 29.6 Å². The fraction of sp³-hybridized carbons (Fsp3) is 0.333. The van der Waals surface area contributed by atoms with Crippen LogP contribution in [-0.2, 0) is 6.54 Å². The fourth-order valence-electron chi connectivity index (χ4n) is 1.82. The van der Waals surface area contributed by atoms with Crippen molar-refractivity contribution < 1.29 is 9.53 Å². The zero-order chi connectivity index (χ0) is 15.9. The summed E-state index contributed by atoms with van der Waals surface area (Å²) in [5.74, 6) is 0.674. The molecule has 0 aliphatic rings. The Balaban J connectivity index is 1.74. The van der Waals surface area contributed by atoms with Crippen molar-refractivity contribution in [3.8, 4) is 5.75 Å². The van der Waals surface area contributed by atoms with Crippen LogP contribution in [0.4, 0.5) is 0 Å². The van der Waals surface area contributed by atoms with Gasteiger partial charge in [0.1, 0.15) is 16.5 Å². The van der Waals surface area contributed by atoms with Gasteiger partial charge in [-0.25, -0.2) is 4.98 Å². The number of ether oxygens (including phenoxy) is 1. The predicted molar refractivity (Wildman–Crippen MR) is 88.5 cm³/mol. The minimum atomic E-state index is -0.0950. The van der Waals surface area contributed by atoms with Gasteiger partial charge < -0.3 is 15.4 Å². The van der Waals surface area contributed by atoms with Crippen LogP contribution in [0, 0.1) is 0 Å². The molecule has 2 rings (SSSR count). The van der Waals surface area contributed by atoms with Crippen LogP contribution < -0.4 is 10.5 Å². The van der Waals surface area contributed by atoms with E-state index in [0.717, 1.165) is 17.2 Å². The highest BCUT2D eigenvalue weighted by molar-refractivity contribution is 7.09. The van der Waals surface area contributed by atoms with Gasteiger partial charge in [-0.1, -0.05) is 11.6 Å². The standard InChI is InChI=1S/C15H18ClN3O2S/c1-19(15(20)13-10-22-14(9-17)18-13)7-2-8-21-12-5-3-11(16)4-6-12/h3-6,10H,2,7-9,17H2,1H3. The summed E-state index contributed by atoms with van der Waals surface area (Å²) in [5.41, 5.74) is 5.95. The monoisotopic (exact) mass is 339 g/mol. The average Bonchev–Trinajstić information content (AvgIpc) is 3.01. The van der Waals surface area contributed by atoms with E-state index in [4.69, 9.17) is 22.1 Å². The lowest BCUT2D eigenvalue weighted by Gasteiger charge is -2.16. The third-order valence-electron chi connectivity index (χ3n) is 3.01. The Labute approximate surface area is 138 Å². The molecule has 2 aromatic rings. The van der Waals surface area contributed by atoms with Gasteiger partial charge in [0.25, 0.3) is 5.91 Å². The summed E-state index contributed by atoms with van der Waals surface area (Å²) in [5, 5.41) is 3.19. The Morgan fingerprint density at radius 1 is 1.41 bits per heavy atom. The molecule has 0 atom stereocenters. The van der Waals surface area contributed by atoms with E-state index in [9.17, 15) is 4.79 Å². The first-order chi connectivity index (χ1) is 10.6. The Bertz CT molecular complexity index is 616. The van der Waals surface area contributed by atoms with Crippen molar-refractivity contribution in [3.63, 3.8) is 0 Å². The third-order valence-corrected chi connectivity index (χ3v) is 4.14. The lowest BCUT2D eigenvalue weighted by molar-refractivity contribution is 0.0782. The summed E-state index contributed by atoms with van der Waals surface area (Å²) in [7, 11) is 1.76. The summed E-state index contributed by atoms with van der Waals surface area (Å²) in [4.78, 5) is 18.0. The van der Waals surface area contributed by atoms with Gasteiger partial charge in [-0.15, -0.1) is 11.3 Å². The molecular weight excluding hydrogens is 322 g/mol. The number of rotatable bonds is 7. The lowest BCUT2D eigenvalue weighted by atomic mass is 10.3. The number of hydrogen-bond acceptors (Lipinski definition) is 5. The number of amides is 1. The molecule has 0 unspecified atom stereocenters. The van der Waals surface area contributed by atoms with Gasteiger partial charge in [-0.3, -0.25) is 4.79 Å². The minimum absolute atomic E-state index is 0.0950. The summed E-state index contributed by atoms with van der Waals surface area (Å²) >= 11 is 7.21. The molecule has 5 nitrogen and oxygen atoms in total. The zero-order valence-electron chi connectivity index (χ0n) is 12.3. The first-order valence-electron chi connectivity index (χ1n) is 6.88. The largest absolute Gasteiger partial charge is 0.494 e. The molecule has 0 spiro atoms. The van der Waals surface area contributed by atoms with Crippen LogP contribution in [0.1, 0.15) is 21.9 Å². The molecule has 22 heavy (non-hydrogen) atoms. The average molecular weight is 340 g/mol. The van der Waals surface area contributed by atoms with Gasteiger partial charge in [0.15, 0.2) is 0 Å². The molecule has 1 aromatic carbocycles. The molecule has 0 aliphatic heterocycles.